The summed E-state index contributed by atoms with van der Waals surface area (Å²) in [4.78, 5) is 23.5. The number of anilines is 1. The van der Waals surface area contributed by atoms with Crippen LogP contribution in [0.3, 0.4) is 0 Å². The van der Waals surface area contributed by atoms with Gasteiger partial charge in [-0.05, 0) is 30.7 Å². The minimum absolute atomic E-state index is 0.0137. The average molecular weight is 270 g/mol. The van der Waals surface area contributed by atoms with E-state index in [1.165, 1.54) is 23.1 Å². The summed E-state index contributed by atoms with van der Waals surface area (Å²) in [7, 11) is 0. The molecule has 0 fully saturated rings. The number of rotatable bonds is 5. The Labute approximate surface area is 110 Å². The minimum Gasteiger partial charge on any atom is -0.481 e. The van der Waals surface area contributed by atoms with Crippen LogP contribution >= 0.6 is 12.6 Å². The Balaban J connectivity index is 2.97. The normalized spacial score (nSPS) is 10.2. The van der Waals surface area contributed by atoms with Crippen LogP contribution in [0.1, 0.15) is 12.0 Å². The van der Waals surface area contributed by atoms with Crippen molar-refractivity contribution in [2.75, 3.05) is 17.2 Å². The standard InChI is InChI=1S/C12H13FNO3S/c1-8-6-9(2-3-10(8)13)14(11(15)7-18)5-4-12(16)17/h2-3,6,18H,1,4-5,7H2,(H,16,17). The Morgan fingerprint density at radius 3 is 2.61 bits per heavy atom. The van der Waals surface area contributed by atoms with Gasteiger partial charge in [-0.3, -0.25) is 9.59 Å². The third kappa shape index (κ3) is 3.73. The summed E-state index contributed by atoms with van der Waals surface area (Å²) >= 11 is 3.87. The molecule has 97 valence electrons. The van der Waals surface area contributed by atoms with E-state index in [1.807, 2.05) is 0 Å². The molecule has 18 heavy (non-hydrogen) atoms. The first-order valence-corrected chi connectivity index (χ1v) is 5.83. The van der Waals surface area contributed by atoms with Crippen LogP contribution in [-0.4, -0.2) is 29.3 Å². The molecule has 1 rings (SSSR count). The maximum atomic E-state index is 13.1. The fourth-order valence-electron chi connectivity index (χ4n) is 1.42. The molecule has 1 amide bonds. The molecule has 0 aliphatic carbocycles. The highest BCUT2D eigenvalue weighted by Crippen LogP contribution is 2.19. The maximum absolute atomic E-state index is 13.1. The van der Waals surface area contributed by atoms with Gasteiger partial charge in [0.2, 0.25) is 5.91 Å². The van der Waals surface area contributed by atoms with Gasteiger partial charge in [-0.15, -0.1) is 0 Å². The molecule has 0 aromatic heterocycles. The highest BCUT2D eigenvalue weighted by molar-refractivity contribution is 7.81. The van der Waals surface area contributed by atoms with Gasteiger partial charge in [0.05, 0.1) is 12.2 Å². The van der Waals surface area contributed by atoms with Gasteiger partial charge in [0.1, 0.15) is 5.82 Å². The second-order valence-electron chi connectivity index (χ2n) is 3.62. The zero-order valence-electron chi connectivity index (χ0n) is 9.60. The molecule has 1 aromatic carbocycles. The van der Waals surface area contributed by atoms with Crippen molar-refractivity contribution in [1.29, 1.82) is 0 Å². The van der Waals surface area contributed by atoms with Crippen molar-refractivity contribution >= 4 is 30.2 Å². The number of hydrogen-bond donors (Lipinski definition) is 2. The van der Waals surface area contributed by atoms with Gasteiger partial charge < -0.3 is 10.0 Å². The predicted molar refractivity (Wildman–Crippen MR) is 69.3 cm³/mol. The first kappa shape index (κ1) is 14.5. The van der Waals surface area contributed by atoms with Gasteiger partial charge in [-0.25, -0.2) is 4.39 Å². The van der Waals surface area contributed by atoms with Crippen molar-refractivity contribution in [3.05, 3.63) is 36.5 Å². The van der Waals surface area contributed by atoms with Gasteiger partial charge in [-0.2, -0.15) is 12.6 Å². The van der Waals surface area contributed by atoms with Gasteiger partial charge >= 0.3 is 5.97 Å². The molecule has 1 N–H and O–H groups in total. The lowest BCUT2D eigenvalue weighted by molar-refractivity contribution is -0.136. The molecule has 1 radical (unpaired) electrons. The van der Waals surface area contributed by atoms with Crippen LogP contribution in [0.5, 0.6) is 0 Å². The van der Waals surface area contributed by atoms with E-state index in [9.17, 15) is 14.0 Å². The molecule has 0 aliphatic rings. The molecule has 6 heteroatoms. The molecule has 1 aromatic rings. The lowest BCUT2D eigenvalue weighted by Gasteiger charge is -2.21. The lowest BCUT2D eigenvalue weighted by atomic mass is 10.2. The number of benzene rings is 1. The molecule has 0 unspecified atom stereocenters. The minimum atomic E-state index is -1.01. The van der Waals surface area contributed by atoms with Crippen molar-refractivity contribution in [2.45, 2.75) is 6.42 Å². The Kier molecular flexibility index (Phi) is 5.15. The monoisotopic (exact) mass is 270 g/mol. The quantitative estimate of drug-likeness (QED) is 0.801. The van der Waals surface area contributed by atoms with Crippen LogP contribution in [0.25, 0.3) is 0 Å². The topological polar surface area (TPSA) is 57.6 Å². The second-order valence-corrected chi connectivity index (χ2v) is 3.94. The van der Waals surface area contributed by atoms with Crippen molar-refractivity contribution in [2.24, 2.45) is 0 Å². The third-order valence-corrected chi connectivity index (χ3v) is 2.60. The second kappa shape index (κ2) is 6.39. The number of carbonyl (C=O) groups is 2. The van der Waals surface area contributed by atoms with Crippen molar-refractivity contribution in [3.8, 4) is 0 Å². The van der Waals surface area contributed by atoms with Gasteiger partial charge in [0, 0.05) is 12.2 Å². The van der Waals surface area contributed by atoms with Gasteiger partial charge in [-0.1, -0.05) is 0 Å². The van der Waals surface area contributed by atoms with Gasteiger partial charge in [0.15, 0.2) is 0 Å². The molecule has 0 saturated carbocycles. The average Bonchev–Trinajstić information content (AvgIpc) is 2.33. The first-order chi connectivity index (χ1) is 8.45. The molecule has 0 saturated heterocycles. The zero-order valence-corrected chi connectivity index (χ0v) is 10.5. The van der Waals surface area contributed by atoms with Crippen LogP contribution in [0.15, 0.2) is 18.2 Å². The summed E-state index contributed by atoms with van der Waals surface area (Å²) in [6.07, 6.45) is -0.191. The van der Waals surface area contributed by atoms with Gasteiger partial charge in [0.25, 0.3) is 0 Å². The van der Waals surface area contributed by atoms with E-state index in [2.05, 4.69) is 19.6 Å². The number of carboxylic acids is 1. The maximum Gasteiger partial charge on any atom is 0.305 e. The van der Waals surface area contributed by atoms with E-state index < -0.39 is 11.8 Å². The Morgan fingerprint density at radius 1 is 1.44 bits per heavy atom. The molecule has 0 aliphatic heterocycles. The summed E-state index contributed by atoms with van der Waals surface area (Å²) in [6, 6.07) is 4.00. The summed E-state index contributed by atoms with van der Waals surface area (Å²) in [6.45, 7) is 3.51. The van der Waals surface area contributed by atoms with E-state index in [0.717, 1.165) is 0 Å². The lowest BCUT2D eigenvalue weighted by Crippen LogP contribution is -2.34. The number of amides is 1. The number of aliphatic carboxylic acids is 1. The van der Waals surface area contributed by atoms with E-state index in [1.54, 1.807) is 0 Å². The molecular formula is C12H13FNO3S. The number of carbonyl (C=O) groups excluding carboxylic acids is 1. The van der Waals surface area contributed by atoms with E-state index in [4.69, 9.17) is 5.11 Å². The fourth-order valence-corrected chi connectivity index (χ4v) is 1.59. The molecule has 0 bridgehead atoms. The Morgan fingerprint density at radius 2 is 2.11 bits per heavy atom. The Bertz CT molecular complexity index is 465. The highest BCUT2D eigenvalue weighted by atomic mass is 32.1. The van der Waals surface area contributed by atoms with Crippen LogP contribution in [0.4, 0.5) is 10.1 Å². The fraction of sp³-hybridized carbons (Fsp3) is 0.250. The van der Waals surface area contributed by atoms with E-state index >= 15 is 0 Å². The van der Waals surface area contributed by atoms with E-state index in [-0.39, 0.29) is 30.2 Å². The first-order valence-electron chi connectivity index (χ1n) is 5.20. The summed E-state index contributed by atoms with van der Waals surface area (Å²) in [5.41, 5.74) is 0.571. The largest absolute Gasteiger partial charge is 0.481 e. The van der Waals surface area contributed by atoms with Crippen molar-refractivity contribution in [3.63, 3.8) is 0 Å². The molecule has 0 spiro atoms. The summed E-state index contributed by atoms with van der Waals surface area (Å²) in [5.74, 6) is -1.88. The third-order valence-electron chi connectivity index (χ3n) is 2.33. The number of carboxylic acid groups (broad SMARTS) is 1. The number of halogens is 1. The highest BCUT2D eigenvalue weighted by Gasteiger charge is 2.16. The van der Waals surface area contributed by atoms with Crippen LogP contribution in [0, 0.1) is 12.7 Å². The van der Waals surface area contributed by atoms with Crippen LogP contribution < -0.4 is 4.90 Å². The summed E-state index contributed by atoms with van der Waals surface area (Å²) < 4.78 is 13.1. The Hall–Kier alpha value is -1.56. The molecule has 4 nitrogen and oxygen atoms in total. The number of thiol groups is 1. The van der Waals surface area contributed by atoms with Crippen molar-refractivity contribution in [1.82, 2.24) is 0 Å². The van der Waals surface area contributed by atoms with Crippen LogP contribution in [-0.2, 0) is 9.59 Å². The molecular weight excluding hydrogens is 257 g/mol. The zero-order chi connectivity index (χ0) is 13.7. The predicted octanol–water partition coefficient (Wildman–Crippen LogP) is 1.75. The smallest absolute Gasteiger partial charge is 0.305 e. The SMILES string of the molecule is [CH2]c1cc(N(CCC(=O)O)C(=O)CS)ccc1F. The summed E-state index contributed by atoms with van der Waals surface area (Å²) in [5, 5.41) is 8.63. The van der Waals surface area contributed by atoms with E-state index in [0.29, 0.717) is 5.69 Å². The van der Waals surface area contributed by atoms with Crippen molar-refractivity contribution < 1.29 is 19.1 Å². The van der Waals surface area contributed by atoms with Crippen LogP contribution in [0.2, 0.25) is 0 Å². The molecule has 0 heterocycles. The number of nitrogens with zero attached hydrogens (tertiary/aromatic N) is 1. The number of hydrogen-bond acceptors (Lipinski definition) is 3. The molecule has 0 atom stereocenters.